The van der Waals surface area contributed by atoms with E-state index in [9.17, 15) is 9.59 Å². The molecule has 0 aliphatic rings. The van der Waals surface area contributed by atoms with Gasteiger partial charge in [0.1, 0.15) is 6.10 Å². The van der Waals surface area contributed by atoms with Gasteiger partial charge >= 0.3 is 11.9 Å². The van der Waals surface area contributed by atoms with Crippen molar-refractivity contribution >= 4 is 11.9 Å². The van der Waals surface area contributed by atoms with Gasteiger partial charge < -0.3 is 9.47 Å². The number of hydrogen-bond acceptors (Lipinski definition) is 4. The summed E-state index contributed by atoms with van der Waals surface area (Å²) in [5.74, 6) is -0.673. The highest BCUT2D eigenvalue weighted by Gasteiger charge is 2.12. The summed E-state index contributed by atoms with van der Waals surface area (Å²) in [5.41, 5.74) is 0. The van der Waals surface area contributed by atoms with Crippen molar-refractivity contribution in [1.29, 1.82) is 0 Å². The van der Waals surface area contributed by atoms with Crippen molar-refractivity contribution in [2.24, 2.45) is 0 Å². The number of carbonyl (C=O) groups is 2. The third-order valence-corrected chi connectivity index (χ3v) is 2.08. The third-order valence-electron chi connectivity index (χ3n) is 2.08. The van der Waals surface area contributed by atoms with E-state index >= 15 is 0 Å². The van der Waals surface area contributed by atoms with Crippen molar-refractivity contribution in [1.82, 2.24) is 0 Å². The number of rotatable bonds is 8. The zero-order valence-corrected chi connectivity index (χ0v) is 10.5. The summed E-state index contributed by atoms with van der Waals surface area (Å²) in [6.07, 6.45) is 4.05. The molecule has 0 bridgehead atoms. The van der Waals surface area contributed by atoms with E-state index in [1.165, 1.54) is 13.3 Å². The molecule has 0 saturated carbocycles. The first kappa shape index (κ1) is 14.9. The van der Waals surface area contributed by atoms with E-state index in [0.717, 1.165) is 19.3 Å². The lowest BCUT2D eigenvalue weighted by atomic mass is 10.2. The molecule has 0 aliphatic heterocycles. The second-order valence-corrected chi connectivity index (χ2v) is 3.91. The molecule has 0 aromatic rings. The molecule has 0 aromatic carbocycles. The van der Waals surface area contributed by atoms with Gasteiger partial charge in [-0.05, 0) is 13.3 Å². The van der Waals surface area contributed by atoms with Gasteiger partial charge in [0.05, 0.1) is 13.0 Å². The lowest BCUT2D eigenvalue weighted by Crippen LogP contribution is -2.18. The Bertz CT molecular complexity index is 213. The van der Waals surface area contributed by atoms with Crippen molar-refractivity contribution < 1.29 is 19.1 Å². The number of carbonyl (C=O) groups excluding carboxylic acids is 2. The van der Waals surface area contributed by atoms with E-state index in [2.05, 4.69) is 6.92 Å². The highest BCUT2D eigenvalue weighted by molar-refractivity contribution is 5.71. The molecule has 0 amide bonds. The Balaban J connectivity index is 3.47. The van der Waals surface area contributed by atoms with Crippen LogP contribution < -0.4 is 0 Å². The van der Waals surface area contributed by atoms with Gasteiger partial charge in [0.2, 0.25) is 0 Å². The monoisotopic (exact) mass is 230 g/mol. The molecule has 0 aromatic heterocycles. The van der Waals surface area contributed by atoms with Crippen LogP contribution in [0, 0.1) is 0 Å². The summed E-state index contributed by atoms with van der Waals surface area (Å²) in [5, 5.41) is 0. The van der Waals surface area contributed by atoms with Crippen molar-refractivity contribution in [3.8, 4) is 0 Å². The zero-order valence-electron chi connectivity index (χ0n) is 10.5. The fraction of sp³-hybridized carbons (Fsp3) is 0.833. The highest BCUT2D eigenvalue weighted by atomic mass is 16.6. The molecular weight excluding hydrogens is 208 g/mol. The first-order valence-corrected chi connectivity index (χ1v) is 5.89. The van der Waals surface area contributed by atoms with Crippen molar-refractivity contribution in [2.75, 3.05) is 6.61 Å². The largest absolute Gasteiger partial charge is 0.466 e. The lowest BCUT2D eigenvalue weighted by molar-refractivity contribution is -0.152. The number of esters is 2. The Morgan fingerprint density at radius 3 is 2.44 bits per heavy atom. The van der Waals surface area contributed by atoms with Crippen molar-refractivity contribution in [3.05, 3.63) is 0 Å². The second kappa shape index (κ2) is 9.19. The van der Waals surface area contributed by atoms with Crippen LogP contribution >= 0.6 is 0 Å². The molecule has 0 saturated heterocycles. The standard InChI is InChI=1S/C12H22O4/c1-4-5-6-7-8-15-12(14)9-10(2)16-11(3)13/h10H,4-9H2,1-3H3. The Hall–Kier alpha value is -1.06. The number of hydrogen-bond donors (Lipinski definition) is 0. The van der Waals surface area contributed by atoms with E-state index in [0.29, 0.717) is 6.61 Å². The van der Waals surface area contributed by atoms with Gasteiger partial charge in [0.25, 0.3) is 0 Å². The Morgan fingerprint density at radius 2 is 1.88 bits per heavy atom. The smallest absolute Gasteiger partial charge is 0.309 e. The van der Waals surface area contributed by atoms with Crippen LogP contribution in [0.15, 0.2) is 0 Å². The fourth-order valence-corrected chi connectivity index (χ4v) is 1.33. The van der Waals surface area contributed by atoms with E-state index in [4.69, 9.17) is 9.47 Å². The van der Waals surface area contributed by atoms with Gasteiger partial charge in [0.15, 0.2) is 0 Å². The predicted octanol–water partition coefficient (Wildman–Crippen LogP) is 2.45. The summed E-state index contributed by atoms with van der Waals surface area (Å²) >= 11 is 0. The van der Waals surface area contributed by atoms with E-state index in [-0.39, 0.29) is 18.4 Å². The predicted molar refractivity (Wildman–Crippen MR) is 60.9 cm³/mol. The fourth-order valence-electron chi connectivity index (χ4n) is 1.33. The van der Waals surface area contributed by atoms with Gasteiger partial charge in [-0.1, -0.05) is 26.2 Å². The normalized spacial score (nSPS) is 11.9. The van der Waals surface area contributed by atoms with E-state index in [1.807, 2.05) is 0 Å². The van der Waals surface area contributed by atoms with Crippen LogP contribution in [-0.4, -0.2) is 24.6 Å². The topological polar surface area (TPSA) is 52.6 Å². The maximum atomic E-state index is 11.3. The summed E-state index contributed by atoms with van der Waals surface area (Å²) in [4.78, 5) is 21.8. The molecule has 1 atom stereocenters. The summed E-state index contributed by atoms with van der Waals surface area (Å²) < 4.78 is 9.84. The van der Waals surface area contributed by atoms with Crippen LogP contribution in [0.25, 0.3) is 0 Å². The quantitative estimate of drug-likeness (QED) is 0.475. The molecule has 0 rings (SSSR count). The Morgan fingerprint density at radius 1 is 1.19 bits per heavy atom. The molecule has 0 radical (unpaired) electrons. The molecule has 0 heterocycles. The van der Waals surface area contributed by atoms with E-state index < -0.39 is 6.10 Å². The Labute approximate surface area is 97.3 Å². The maximum Gasteiger partial charge on any atom is 0.309 e. The molecule has 0 N–H and O–H groups in total. The first-order valence-electron chi connectivity index (χ1n) is 5.89. The first-order chi connectivity index (χ1) is 7.56. The van der Waals surface area contributed by atoms with Crippen LogP contribution in [0.2, 0.25) is 0 Å². The molecule has 0 aliphatic carbocycles. The molecule has 94 valence electrons. The highest BCUT2D eigenvalue weighted by Crippen LogP contribution is 2.03. The van der Waals surface area contributed by atoms with Crippen LogP contribution in [0.5, 0.6) is 0 Å². The summed E-state index contributed by atoms with van der Waals surface area (Å²) in [7, 11) is 0. The van der Waals surface area contributed by atoms with Gasteiger partial charge in [-0.2, -0.15) is 0 Å². The van der Waals surface area contributed by atoms with Gasteiger partial charge in [0, 0.05) is 6.92 Å². The van der Waals surface area contributed by atoms with Crippen LogP contribution in [0.1, 0.15) is 52.9 Å². The molecule has 0 fully saturated rings. The van der Waals surface area contributed by atoms with Crippen LogP contribution in [0.3, 0.4) is 0 Å². The molecule has 16 heavy (non-hydrogen) atoms. The number of unbranched alkanes of at least 4 members (excludes halogenated alkanes) is 3. The summed E-state index contributed by atoms with van der Waals surface area (Å²) in [6, 6.07) is 0. The van der Waals surface area contributed by atoms with Crippen molar-refractivity contribution in [3.63, 3.8) is 0 Å². The molecular formula is C12H22O4. The Kier molecular flexibility index (Phi) is 8.58. The lowest BCUT2D eigenvalue weighted by Gasteiger charge is -2.11. The molecule has 4 nitrogen and oxygen atoms in total. The van der Waals surface area contributed by atoms with E-state index in [1.54, 1.807) is 6.92 Å². The van der Waals surface area contributed by atoms with Gasteiger partial charge in [-0.3, -0.25) is 9.59 Å². The second-order valence-electron chi connectivity index (χ2n) is 3.91. The molecule has 4 heteroatoms. The van der Waals surface area contributed by atoms with Crippen LogP contribution in [-0.2, 0) is 19.1 Å². The minimum atomic E-state index is -0.402. The number of ether oxygens (including phenoxy) is 2. The SMILES string of the molecule is CCCCCCOC(=O)CC(C)OC(C)=O. The average molecular weight is 230 g/mol. The third kappa shape index (κ3) is 9.49. The summed E-state index contributed by atoms with van der Waals surface area (Å²) in [6.45, 7) is 5.60. The van der Waals surface area contributed by atoms with Gasteiger partial charge in [-0.25, -0.2) is 0 Å². The zero-order chi connectivity index (χ0) is 12.4. The maximum absolute atomic E-state index is 11.3. The molecule has 1 unspecified atom stereocenters. The van der Waals surface area contributed by atoms with Crippen molar-refractivity contribution in [2.45, 2.75) is 59.0 Å². The minimum absolute atomic E-state index is 0.132. The van der Waals surface area contributed by atoms with Crippen LogP contribution in [0.4, 0.5) is 0 Å². The average Bonchev–Trinajstić information content (AvgIpc) is 2.15. The van der Waals surface area contributed by atoms with Gasteiger partial charge in [-0.15, -0.1) is 0 Å². The minimum Gasteiger partial charge on any atom is -0.466 e. The molecule has 0 spiro atoms.